The van der Waals surface area contributed by atoms with Gasteiger partial charge in [-0.2, -0.15) is 5.10 Å². The lowest BCUT2D eigenvalue weighted by atomic mass is 10.0. The number of amides is 1. The Balaban J connectivity index is 0.00000196. The van der Waals surface area contributed by atoms with Crippen molar-refractivity contribution in [3.8, 4) is 5.69 Å². The molecule has 1 saturated heterocycles. The van der Waals surface area contributed by atoms with Gasteiger partial charge in [-0.25, -0.2) is 4.68 Å². The average Bonchev–Trinajstić information content (AvgIpc) is 3.33. The van der Waals surface area contributed by atoms with Crippen LogP contribution in [0.2, 0.25) is 0 Å². The molecular formula is C19H25ClN4O2. The SMILES string of the molecule is Cl.O=C(Nc1cc(C2CCCC2)nn1-c1ccccc1)[C@H]1CNCCO1. The van der Waals surface area contributed by atoms with Gasteiger partial charge >= 0.3 is 0 Å². The molecule has 1 aliphatic carbocycles. The van der Waals surface area contributed by atoms with Crippen molar-refractivity contribution in [2.75, 3.05) is 25.0 Å². The molecule has 2 fully saturated rings. The first-order valence-electron chi connectivity index (χ1n) is 9.10. The first kappa shape index (κ1) is 18.9. The molecule has 1 aromatic heterocycles. The summed E-state index contributed by atoms with van der Waals surface area (Å²) in [6.07, 6.45) is 4.41. The number of para-hydroxylation sites is 1. The van der Waals surface area contributed by atoms with Gasteiger partial charge in [0.1, 0.15) is 11.9 Å². The second kappa shape index (κ2) is 8.66. The van der Waals surface area contributed by atoms with E-state index in [0.717, 1.165) is 17.9 Å². The van der Waals surface area contributed by atoms with E-state index < -0.39 is 6.10 Å². The Labute approximate surface area is 159 Å². The smallest absolute Gasteiger partial charge is 0.255 e. The molecule has 1 saturated carbocycles. The number of hydrogen-bond donors (Lipinski definition) is 2. The minimum Gasteiger partial charge on any atom is -0.366 e. The summed E-state index contributed by atoms with van der Waals surface area (Å²) in [6.45, 7) is 1.89. The number of ether oxygens (including phenoxy) is 1. The lowest BCUT2D eigenvalue weighted by Gasteiger charge is -2.22. The van der Waals surface area contributed by atoms with Gasteiger partial charge in [-0.05, 0) is 25.0 Å². The van der Waals surface area contributed by atoms with Crippen LogP contribution in [0, 0.1) is 0 Å². The van der Waals surface area contributed by atoms with Crippen molar-refractivity contribution in [1.82, 2.24) is 15.1 Å². The molecule has 0 spiro atoms. The molecule has 0 unspecified atom stereocenters. The summed E-state index contributed by atoms with van der Waals surface area (Å²) in [4.78, 5) is 12.6. The fourth-order valence-corrected chi connectivity index (χ4v) is 3.62. The number of aromatic nitrogens is 2. The molecule has 6 nitrogen and oxygen atoms in total. The molecule has 1 atom stereocenters. The molecule has 2 aromatic rings. The average molecular weight is 377 g/mol. The maximum Gasteiger partial charge on any atom is 0.255 e. The number of halogens is 1. The lowest BCUT2D eigenvalue weighted by Crippen LogP contribution is -2.45. The van der Waals surface area contributed by atoms with Crippen molar-refractivity contribution >= 4 is 24.1 Å². The molecule has 1 aromatic carbocycles. The van der Waals surface area contributed by atoms with E-state index in [1.54, 1.807) is 0 Å². The van der Waals surface area contributed by atoms with E-state index in [-0.39, 0.29) is 18.3 Å². The van der Waals surface area contributed by atoms with Gasteiger partial charge in [0.15, 0.2) is 0 Å². The van der Waals surface area contributed by atoms with Gasteiger partial charge in [-0.3, -0.25) is 4.79 Å². The topological polar surface area (TPSA) is 68.2 Å². The lowest BCUT2D eigenvalue weighted by molar-refractivity contribution is -0.128. The Hall–Kier alpha value is -1.89. The Kier molecular flexibility index (Phi) is 6.29. The van der Waals surface area contributed by atoms with E-state index in [2.05, 4.69) is 10.6 Å². The van der Waals surface area contributed by atoms with Gasteiger partial charge in [0, 0.05) is 25.1 Å². The molecule has 26 heavy (non-hydrogen) atoms. The number of hydrogen-bond acceptors (Lipinski definition) is 4. The normalized spacial score (nSPS) is 20.5. The molecule has 140 valence electrons. The summed E-state index contributed by atoms with van der Waals surface area (Å²) in [5.41, 5.74) is 2.02. The molecule has 2 aliphatic rings. The summed E-state index contributed by atoms with van der Waals surface area (Å²) in [5.74, 6) is 1.09. The highest BCUT2D eigenvalue weighted by molar-refractivity contribution is 5.94. The fourth-order valence-electron chi connectivity index (χ4n) is 3.62. The van der Waals surface area contributed by atoms with Crippen LogP contribution in [-0.2, 0) is 9.53 Å². The van der Waals surface area contributed by atoms with Crippen LogP contribution < -0.4 is 10.6 Å². The van der Waals surface area contributed by atoms with Crippen molar-refractivity contribution in [1.29, 1.82) is 0 Å². The molecule has 0 radical (unpaired) electrons. The van der Waals surface area contributed by atoms with Crippen molar-refractivity contribution in [2.45, 2.75) is 37.7 Å². The minimum atomic E-state index is -0.456. The first-order valence-corrected chi connectivity index (χ1v) is 9.10. The zero-order valence-corrected chi connectivity index (χ0v) is 15.5. The van der Waals surface area contributed by atoms with Crippen LogP contribution in [0.15, 0.2) is 36.4 Å². The molecule has 7 heteroatoms. The summed E-state index contributed by atoms with van der Waals surface area (Å²) in [6, 6.07) is 12.0. The Morgan fingerprint density at radius 3 is 2.69 bits per heavy atom. The van der Waals surface area contributed by atoms with Gasteiger partial charge < -0.3 is 15.4 Å². The summed E-state index contributed by atoms with van der Waals surface area (Å²) in [5, 5.41) is 11.0. The highest BCUT2D eigenvalue weighted by Gasteiger charge is 2.25. The van der Waals surface area contributed by atoms with Crippen LogP contribution in [0.4, 0.5) is 5.82 Å². The molecule has 4 rings (SSSR count). The van der Waals surface area contributed by atoms with Crippen LogP contribution in [0.5, 0.6) is 0 Å². The monoisotopic (exact) mass is 376 g/mol. The van der Waals surface area contributed by atoms with Crippen LogP contribution in [-0.4, -0.2) is 41.5 Å². The van der Waals surface area contributed by atoms with Crippen LogP contribution >= 0.6 is 12.4 Å². The molecule has 2 heterocycles. The Morgan fingerprint density at radius 2 is 2.00 bits per heavy atom. The van der Waals surface area contributed by atoms with E-state index in [1.165, 1.54) is 25.7 Å². The largest absolute Gasteiger partial charge is 0.366 e. The predicted molar refractivity (Wildman–Crippen MR) is 103 cm³/mol. The summed E-state index contributed by atoms with van der Waals surface area (Å²) >= 11 is 0. The van der Waals surface area contributed by atoms with Gasteiger partial charge in [0.25, 0.3) is 5.91 Å². The van der Waals surface area contributed by atoms with Crippen LogP contribution in [0.25, 0.3) is 5.69 Å². The zero-order valence-electron chi connectivity index (χ0n) is 14.7. The predicted octanol–water partition coefficient (Wildman–Crippen LogP) is 2.88. The van der Waals surface area contributed by atoms with Gasteiger partial charge in [0.05, 0.1) is 18.0 Å². The molecule has 2 N–H and O–H groups in total. The highest BCUT2D eigenvalue weighted by Crippen LogP contribution is 2.35. The number of nitrogens with one attached hydrogen (secondary N) is 2. The van der Waals surface area contributed by atoms with Gasteiger partial charge in [-0.15, -0.1) is 12.4 Å². The van der Waals surface area contributed by atoms with Crippen LogP contribution in [0.1, 0.15) is 37.3 Å². The Morgan fingerprint density at radius 1 is 1.23 bits per heavy atom. The van der Waals surface area contributed by atoms with E-state index in [4.69, 9.17) is 9.84 Å². The number of rotatable bonds is 4. The third-order valence-electron chi connectivity index (χ3n) is 4.97. The quantitative estimate of drug-likeness (QED) is 0.861. The minimum absolute atomic E-state index is 0. The first-order chi connectivity index (χ1) is 12.3. The maximum atomic E-state index is 12.6. The van der Waals surface area contributed by atoms with Crippen molar-refractivity contribution < 1.29 is 9.53 Å². The fraction of sp³-hybridized carbons (Fsp3) is 0.474. The van der Waals surface area contributed by atoms with Gasteiger partial charge in [-0.1, -0.05) is 31.0 Å². The van der Waals surface area contributed by atoms with E-state index in [1.807, 2.05) is 41.1 Å². The van der Waals surface area contributed by atoms with Crippen molar-refractivity contribution in [3.63, 3.8) is 0 Å². The number of anilines is 1. The number of carbonyl (C=O) groups is 1. The number of morpholine rings is 1. The molecule has 1 amide bonds. The molecular weight excluding hydrogens is 352 g/mol. The summed E-state index contributed by atoms with van der Waals surface area (Å²) in [7, 11) is 0. The van der Waals surface area contributed by atoms with Crippen LogP contribution in [0.3, 0.4) is 0 Å². The van der Waals surface area contributed by atoms with E-state index >= 15 is 0 Å². The number of carbonyl (C=O) groups excluding carboxylic acids is 1. The molecule has 0 bridgehead atoms. The number of benzene rings is 1. The third kappa shape index (κ3) is 4.09. The number of nitrogens with zero attached hydrogens (tertiary/aromatic N) is 2. The zero-order chi connectivity index (χ0) is 17.1. The van der Waals surface area contributed by atoms with E-state index in [0.29, 0.717) is 24.9 Å². The second-order valence-corrected chi connectivity index (χ2v) is 6.74. The second-order valence-electron chi connectivity index (χ2n) is 6.74. The maximum absolute atomic E-state index is 12.6. The van der Waals surface area contributed by atoms with Crippen molar-refractivity contribution in [3.05, 3.63) is 42.1 Å². The molecule has 1 aliphatic heterocycles. The Bertz CT molecular complexity index is 722. The van der Waals surface area contributed by atoms with Crippen molar-refractivity contribution in [2.24, 2.45) is 0 Å². The highest BCUT2D eigenvalue weighted by atomic mass is 35.5. The van der Waals surface area contributed by atoms with Gasteiger partial charge in [0.2, 0.25) is 0 Å². The standard InChI is InChI=1S/C19H24N4O2.ClH/c24-19(17-13-20-10-11-25-17)21-18-12-16(14-6-4-5-7-14)22-23(18)15-8-2-1-3-9-15;/h1-3,8-9,12,14,17,20H,4-7,10-11,13H2,(H,21,24);1H/t17-;/m1./s1. The van der Waals surface area contributed by atoms with E-state index in [9.17, 15) is 4.79 Å². The summed E-state index contributed by atoms with van der Waals surface area (Å²) < 4.78 is 7.40. The third-order valence-corrected chi connectivity index (χ3v) is 4.97.